The van der Waals surface area contributed by atoms with E-state index in [1.807, 2.05) is 49.4 Å². The minimum Gasteiger partial charge on any atom is -0.508 e. The van der Waals surface area contributed by atoms with Crippen LogP contribution in [0.2, 0.25) is 0 Å². The average Bonchev–Trinajstić information content (AvgIpc) is 2.70. The van der Waals surface area contributed by atoms with E-state index in [1.54, 1.807) is 25.3 Å². The number of phenolic OH excluding ortho intramolecular Hbond substituents is 2. The Labute approximate surface area is 157 Å². The molecule has 1 heterocycles. The van der Waals surface area contributed by atoms with Crippen molar-refractivity contribution in [1.82, 2.24) is 0 Å². The standard InChI is InChI=1S/C23H20O4/c1-14-21(25)11-10-19-22(15-6-8-18(26-2)9-7-15)20(13-27-23(14)19)16-4-3-5-17(24)12-16/h3-12,24-25H,13H2,1-2H3. The number of hydrogen-bond donors (Lipinski definition) is 2. The van der Waals surface area contributed by atoms with Crippen molar-refractivity contribution in [3.8, 4) is 23.0 Å². The van der Waals surface area contributed by atoms with Gasteiger partial charge in [0.25, 0.3) is 0 Å². The summed E-state index contributed by atoms with van der Waals surface area (Å²) in [5, 5.41) is 20.0. The van der Waals surface area contributed by atoms with Gasteiger partial charge < -0.3 is 19.7 Å². The van der Waals surface area contributed by atoms with Crippen LogP contribution in [0.15, 0.2) is 60.7 Å². The Bertz CT molecular complexity index is 1030. The summed E-state index contributed by atoms with van der Waals surface area (Å²) in [6.07, 6.45) is 0. The lowest BCUT2D eigenvalue weighted by atomic mass is 9.86. The molecule has 4 heteroatoms. The Morgan fingerprint density at radius 2 is 1.70 bits per heavy atom. The van der Waals surface area contributed by atoms with Crippen molar-refractivity contribution < 1.29 is 19.7 Å². The molecule has 4 rings (SSSR count). The summed E-state index contributed by atoms with van der Waals surface area (Å²) in [5.74, 6) is 1.89. The predicted octanol–water partition coefficient (Wildman–Crippen LogP) is 4.77. The van der Waals surface area contributed by atoms with E-state index in [2.05, 4.69) is 0 Å². The Kier molecular flexibility index (Phi) is 4.24. The Morgan fingerprint density at radius 1 is 0.926 bits per heavy atom. The van der Waals surface area contributed by atoms with E-state index in [0.717, 1.165) is 33.6 Å². The van der Waals surface area contributed by atoms with Gasteiger partial charge in [-0.3, -0.25) is 0 Å². The van der Waals surface area contributed by atoms with Crippen LogP contribution in [0.5, 0.6) is 23.0 Å². The SMILES string of the molecule is COc1ccc(C2=C(c3cccc(O)c3)COc3c2ccc(O)c3C)cc1. The van der Waals surface area contributed by atoms with Crippen LogP contribution in [0.25, 0.3) is 11.1 Å². The first-order chi connectivity index (χ1) is 13.1. The maximum Gasteiger partial charge on any atom is 0.134 e. The van der Waals surface area contributed by atoms with Crippen LogP contribution in [-0.2, 0) is 0 Å². The van der Waals surface area contributed by atoms with Gasteiger partial charge in [0.2, 0.25) is 0 Å². The second kappa shape index (κ2) is 6.72. The van der Waals surface area contributed by atoms with Crippen molar-refractivity contribution in [1.29, 1.82) is 0 Å². The summed E-state index contributed by atoms with van der Waals surface area (Å²) in [5.41, 5.74) is 5.55. The molecule has 1 aliphatic rings. The number of hydrogen-bond acceptors (Lipinski definition) is 4. The summed E-state index contributed by atoms with van der Waals surface area (Å²) in [6.45, 7) is 2.20. The maximum absolute atomic E-state index is 10.1. The average molecular weight is 360 g/mol. The van der Waals surface area contributed by atoms with Gasteiger partial charge >= 0.3 is 0 Å². The van der Waals surface area contributed by atoms with Gasteiger partial charge in [-0.2, -0.15) is 0 Å². The zero-order valence-electron chi connectivity index (χ0n) is 15.2. The lowest BCUT2D eigenvalue weighted by Gasteiger charge is -2.26. The highest BCUT2D eigenvalue weighted by atomic mass is 16.5. The van der Waals surface area contributed by atoms with Crippen LogP contribution >= 0.6 is 0 Å². The van der Waals surface area contributed by atoms with Crippen molar-refractivity contribution in [3.05, 3.63) is 82.9 Å². The van der Waals surface area contributed by atoms with E-state index in [1.165, 1.54) is 0 Å². The third kappa shape index (κ3) is 2.99. The van der Waals surface area contributed by atoms with Crippen LogP contribution in [0.1, 0.15) is 22.3 Å². The maximum atomic E-state index is 10.1. The summed E-state index contributed by atoms with van der Waals surface area (Å²) in [6, 6.07) is 18.6. The normalized spacial score (nSPS) is 13.1. The molecule has 136 valence electrons. The van der Waals surface area contributed by atoms with Crippen molar-refractivity contribution in [2.45, 2.75) is 6.92 Å². The third-order valence-corrected chi connectivity index (χ3v) is 4.88. The summed E-state index contributed by atoms with van der Waals surface area (Å²) < 4.78 is 11.3. The van der Waals surface area contributed by atoms with Gasteiger partial charge in [-0.25, -0.2) is 0 Å². The second-order valence-corrected chi connectivity index (χ2v) is 6.51. The third-order valence-electron chi connectivity index (χ3n) is 4.88. The molecule has 0 bridgehead atoms. The zero-order chi connectivity index (χ0) is 19.0. The predicted molar refractivity (Wildman–Crippen MR) is 105 cm³/mol. The summed E-state index contributed by atoms with van der Waals surface area (Å²) in [7, 11) is 1.64. The quantitative estimate of drug-likeness (QED) is 0.707. The van der Waals surface area contributed by atoms with E-state index in [0.29, 0.717) is 17.9 Å². The van der Waals surface area contributed by atoms with Gasteiger partial charge in [0, 0.05) is 16.7 Å². The molecule has 4 nitrogen and oxygen atoms in total. The fourth-order valence-electron chi connectivity index (χ4n) is 3.45. The van der Waals surface area contributed by atoms with Crippen LogP contribution in [0, 0.1) is 6.92 Å². The number of phenols is 2. The van der Waals surface area contributed by atoms with Crippen LogP contribution in [0.3, 0.4) is 0 Å². The highest BCUT2D eigenvalue weighted by Gasteiger charge is 2.25. The largest absolute Gasteiger partial charge is 0.508 e. The van der Waals surface area contributed by atoms with E-state index in [4.69, 9.17) is 9.47 Å². The van der Waals surface area contributed by atoms with Gasteiger partial charge in [0.15, 0.2) is 0 Å². The van der Waals surface area contributed by atoms with Crippen LogP contribution in [0.4, 0.5) is 0 Å². The molecule has 27 heavy (non-hydrogen) atoms. The van der Waals surface area contributed by atoms with Gasteiger partial charge in [-0.1, -0.05) is 24.3 Å². The van der Waals surface area contributed by atoms with Crippen LogP contribution in [-0.4, -0.2) is 23.9 Å². The molecule has 0 amide bonds. The van der Waals surface area contributed by atoms with Gasteiger partial charge in [-0.15, -0.1) is 0 Å². The van der Waals surface area contributed by atoms with Gasteiger partial charge in [-0.05, 0) is 60.0 Å². The van der Waals surface area contributed by atoms with Crippen molar-refractivity contribution in [2.75, 3.05) is 13.7 Å². The highest BCUT2D eigenvalue weighted by molar-refractivity contribution is 6.02. The van der Waals surface area contributed by atoms with Crippen molar-refractivity contribution in [3.63, 3.8) is 0 Å². The molecule has 1 aliphatic heterocycles. The van der Waals surface area contributed by atoms with E-state index < -0.39 is 0 Å². The van der Waals surface area contributed by atoms with E-state index in [-0.39, 0.29) is 11.5 Å². The molecule has 0 saturated heterocycles. The fourth-order valence-corrected chi connectivity index (χ4v) is 3.45. The van der Waals surface area contributed by atoms with Gasteiger partial charge in [0.1, 0.15) is 29.6 Å². The number of benzene rings is 3. The number of ether oxygens (including phenoxy) is 2. The molecule has 0 fully saturated rings. The molecular weight excluding hydrogens is 340 g/mol. The summed E-state index contributed by atoms with van der Waals surface area (Å²) >= 11 is 0. The number of fused-ring (bicyclic) bond motifs is 1. The van der Waals surface area contributed by atoms with Crippen molar-refractivity contribution >= 4 is 11.1 Å². The molecular formula is C23H20O4. The molecule has 0 saturated carbocycles. The number of aromatic hydroxyl groups is 2. The lowest BCUT2D eigenvalue weighted by molar-refractivity contribution is 0.357. The Balaban J connectivity index is 1.99. The fraction of sp³-hybridized carbons (Fsp3) is 0.130. The molecule has 3 aromatic rings. The zero-order valence-corrected chi connectivity index (χ0v) is 15.2. The monoisotopic (exact) mass is 360 g/mol. The number of rotatable bonds is 3. The molecule has 0 radical (unpaired) electrons. The lowest BCUT2D eigenvalue weighted by Crippen LogP contribution is -2.12. The topological polar surface area (TPSA) is 58.9 Å². The first kappa shape index (κ1) is 17.0. The van der Waals surface area contributed by atoms with E-state index in [9.17, 15) is 10.2 Å². The second-order valence-electron chi connectivity index (χ2n) is 6.51. The number of methoxy groups -OCH3 is 1. The van der Waals surface area contributed by atoms with E-state index >= 15 is 0 Å². The molecule has 0 spiro atoms. The highest BCUT2D eigenvalue weighted by Crippen LogP contribution is 2.45. The minimum absolute atomic E-state index is 0.210. The first-order valence-corrected chi connectivity index (χ1v) is 8.71. The minimum atomic E-state index is 0.210. The Morgan fingerprint density at radius 3 is 2.41 bits per heavy atom. The molecule has 3 aromatic carbocycles. The molecule has 0 unspecified atom stereocenters. The molecule has 0 aliphatic carbocycles. The molecule has 0 atom stereocenters. The Hall–Kier alpha value is -3.40. The first-order valence-electron chi connectivity index (χ1n) is 8.71. The van der Waals surface area contributed by atoms with Crippen LogP contribution < -0.4 is 9.47 Å². The smallest absolute Gasteiger partial charge is 0.134 e. The van der Waals surface area contributed by atoms with Gasteiger partial charge in [0.05, 0.1) is 7.11 Å². The van der Waals surface area contributed by atoms with Crippen molar-refractivity contribution in [2.24, 2.45) is 0 Å². The molecule has 0 aromatic heterocycles. The molecule has 2 N–H and O–H groups in total. The summed E-state index contributed by atoms with van der Waals surface area (Å²) in [4.78, 5) is 0.